The number of nitrogens with zero attached hydrogens (tertiary/aromatic N) is 8. The summed E-state index contributed by atoms with van der Waals surface area (Å²) in [6, 6.07) is 3.80. The maximum atomic E-state index is 12.6. The normalized spacial score (nSPS) is 18.3. The third-order valence-electron chi connectivity index (χ3n) is 6.76. The molecule has 0 aliphatic heterocycles. The summed E-state index contributed by atoms with van der Waals surface area (Å²) >= 11 is 0. The van der Waals surface area contributed by atoms with Crippen LogP contribution in [0.5, 0.6) is 5.88 Å². The summed E-state index contributed by atoms with van der Waals surface area (Å²) in [4.78, 5) is 33.4. The van der Waals surface area contributed by atoms with Crippen LogP contribution in [0.25, 0.3) is 33.7 Å². The molecule has 11 heteroatoms. The van der Waals surface area contributed by atoms with Crippen LogP contribution in [0.2, 0.25) is 0 Å². The number of hydrogen-bond donors (Lipinski definition) is 1. The highest BCUT2D eigenvalue weighted by Crippen LogP contribution is 2.35. The average Bonchev–Trinajstić information content (AvgIpc) is 3.59. The van der Waals surface area contributed by atoms with Gasteiger partial charge in [-0.05, 0) is 38.8 Å². The van der Waals surface area contributed by atoms with Crippen LogP contribution in [-0.2, 0) is 13.6 Å². The minimum atomic E-state index is -0.138. The van der Waals surface area contributed by atoms with Crippen LogP contribution in [0.1, 0.15) is 37.9 Å². The molecule has 0 aromatic carbocycles. The van der Waals surface area contributed by atoms with Crippen LogP contribution >= 0.6 is 0 Å². The molecule has 6 rings (SSSR count). The third-order valence-corrected chi connectivity index (χ3v) is 6.76. The Hall–Kier alpha value is -4.02. The molecule has 1 fully saturated rings. The van der Waals surface area contributed by atoms with E-state index < -0.39 is 0 Å². The van der Waals surface area contributed by atoms with Gasteiger partial charge in [0.05, 0.1) is 17.3 Å². The first kappa shape index (κ1) is 20.6. The van der Waals surface area contributed by atoms with Gasteiger partial charge >= 0.3 is 5.69 Å². The summed E-state index contributed by atoms with van der Waals surface area (Å²) in [5.41, 5.74) is 4.63. The molecule has 1 aliphatic carbocycles. The number of H-pyrrole nitrogens is 1. The number of fused-ring (bicyclic) bond motifs is 2. The number of ether oxygens (including phenoxy) is 1. The van der Waals surface area contributed by atoms with E-state index in [0.717, 1.165) is 42.0 Å². The minimum Gasteiger partial charge on any atom is -0.473 e. The maximum absolute atomic E-state index is 12.6. The van der Waals surface area contributed by atoms with Crippen LogP contribution in [0.4, 0.5) is 0 Å². The third kappa shape index (κ3) is 3.11. The van der Waals surface area contributed by atoms with E-state index in [9.17, 15) is 4.79 Å². The predicted molar refractivity (Wildman–Crippen MR) is 126 cm³/mol. The van der Waals surface area contributed by atoms with Gasteiger partial charge in [0, 0.05) is 37.9 Å². The minimum absolute atomic E-state index is 0.0367. The molecule has 0 saturated heterocycles. The first-order valence-corrected chi connectivity index (χ1v) is 11.5. The Morgan fingerprint density at radius 2 is 2.12 bits per heavy atom. The van der Waals surface area contributed by atoms with E-state index in [0.29, 0.717) is 29.1 Å². The van der Waals surface area contributed by atoms with Crippen molar-refractivity contribution in [2.45, 2.75) is 51.8 Å². The molecule has 0 spiro atoms. The van der Waals surface area contributed by atoms with Crippen molar-refractivity contribution in [3.05, 3.63) is 47.0 Å². The van der Waals surface area contributed by atoms with Gasteiger partial charge in [0.2, 0.25) is 5.88 Å². The fraction of sp³-hybridized carbons (Fsp3) is 0.391. The number of aryl methyl sites for hydroxylation is 2. The molecule has 5 aromatic rings. The molecule has 0 bridgehead atoms. The quantitative estimate of drug-likeness (QED) is 0.429. The number of aromatic amines is 1. The van der Waals surface area contributed by atoms with Crippen LogP contribution in [0, 0.1) is 6.92 Å². The first-order chi connectivity index (χ1) is 16.5. The molecule has 0 radical (unpaired) electrons. The zero-order valence-corrected chi connectivity index (χ0v) is 19.3. The number of aromatic nitrogens is 9. The van der Waals surface area contributed by atoms with Gasteiger partial charge in [-0.2, -0.15) is 10.1 Å². The lowest BCUT2D eigenvalue weighted by Gasteiger charge is -2.14. The van der Waals surface area contributed by atoms with E-state index in [4.69, 9.17) is 9.72 Å². The van der Waals surface area contributed by atoms with E-state index in [2.05, 4.69) is 32.0 Å². The molecule has 11 nitrogen and oxygen atoms in total. The van der Waals surface area contributed by atoms with E-state index in [1.165, 1.54) is 6.33 Å². The molecular formula is C23H25N9O2. The Kier molecular flexibility index (Phi) is 4.71. The molecule has 5 aromatic heterocycles. The van der Waals surface area contributed by atoms with E-state index in [-0.39, 0.29) is 17.8 Å². The molecule has 2 unspecified atom stereocenters. The second-order valence-corrected chi connectivity index (χ2v) is 8.68. The van der Waals surface area contributed by atoms with Crippen LogP contribution in [0.3, 0.4) is 0 Å². The molecular weight excluding hydrogens is 434 g/mol. The standard InChI is InChI=1S/C23H25N9O2/c1-4-31-13(2)16(11-27-31)20-28-18-21(30(20)3)25-12-26-22(18)34-15-8-7-14(10-15)32-17-6-5-9-24-19(17)29-23(32)33/h5-6,9,11-12,14-15H,4,7-8,10H2,1-3H3,(H,24,29,33). The Balaban J connectivity index is 1.30. The highest BCUT2D eigenvalue weighted by atomic mass is 16.5. The van der Waals surface area contributed by atoms with Gasteiger partial charge in [-0.25, -0.2) is 19.7 Å². The monoisotopic (exact) mass is 459 g/mol. The zero-order valence-electron chi connectivity index (χ0n) is 19.3. The number of pyridine rings is 1. The highest BCUT2D eigenvalue weighted by Gasteiger charge is 2.31. The van der Waals surface area contributed by atoms with Crippen molar-refractivity contribution >= 4 is 22.3 Å². The predicted octanol–water partition coefficient (Wildman–Crippen LogP) is 2.77. The summed E-state index contributed by atoms with van der Waals surface area (Å²) < 4.78 is 12.0. The Labute approximate surface area is 194 Å². The largest absolute Gasteiger partial charge is 0.473 e. The Morgan fingerprint density at radius 3 is 2.94 bits per heavy atom. The van der Waals surface area contributed by atoms with Crippen molar-refractivity contribution in [2.24, 2.45) is 7.05 Å². The van der Waals surface area contributed by atoms with Crippen molar-refractivity contribution in [3.63, 3.8) is 0 Å². The Bertz CT molecular complexity index is 1570. The van der Waals surface area contributed by atoms with Gasteiger partial charge in [-0.15, -0.1) is 0 Å². The van der Waals surface area contributed by atoms with E-state index >= 15 is 0 Å². The van der Waals surface area contributed by atoms with E-state index in [1.807, 2.05) is 41.5 Å². The average molecular weight is 460 g/mol. The molecule has 5 heterocycles. The molecule has 1 aliphatic rings. The molecule has 2 atom stereocenters. The lowest BCUT2D eigenvalue weighted by molar-refractivity contribution is 0.198. The number of imidazole rings is 2. The van der Waals surface area contributed by atoms with Crippen LogP contribution in [0.15, 0.2) is 35.6 Å². The number of rotatable bonds is 5. The smallest absolute Gasteiger partial charge is 0.327 e. The van der Waals surface area contributed by atoms with Crippen LogP contribution < -0.4 is 10.4 Å². The second kappa shape index (κ2) is 7.79. The van der Waals surface area contributed by atoms with Crippen molar-refractivity contribution < 1.29 is 4.74 Å². The maximum Gasteiger partial charge on any atom is 0.327 e. The van der Waals surface area contributed by atoms with Gasteiger partial charge in [-0.3, -0.25) is 14.2 Å². The lowest BCUT2D eigenvalue weighted by atomic mass is 10.2. The summed E-state index contributed by atoms with van der Waals surface area (Å²) in [6.45, 7) is 4.89. The van der Waals surface area contributed by atoms with Gasteiger partial charge < -0.3 is 9.30 Å². The second-order valence-electron chi connectivity index (χ2n) is 8.68. The van der Waals surface area contributed by atoms with Crippen molar-refractivity contribution in [3.8, 4) is 17.3 Å². The summed E-state index contributed by atoms with van der Waals surface area (Å²) in [5, 5.41) is 4.45. The Morgan fingerprint density at radius 1 is 1.24 bits per heavy atom. The fourth-order valence-corrected chi connectivity index (χ4v) is 5.03. The van der Waals surface area contributed by atoms with Gasteiger partial charge in [-0.1, -0.05) is 0 Å². The molecule has 174 valence electrons. The lowest BCUT2D eigenvalue weighted by Crippen LogP contribution is -2.22. The number of hydrogen-bond acceptors (Lipinski definition) is 7. The van der Waals surface area contributed by atoms with Gasteiger partial charge in [0.1, 0.15) is 18.3 Å². The molecule has 0 amide bonds. The zero-order chi connectivity index (χ0) is 23.4. The van der Waals surface area contributed by atoms with Crippen molar-refractivity contribution in [1.29, 1.82) is 0 Å². The van der Waals surface area contributed by atoms with Crippen molar-refractivity contribution in [1.82, 2.24) is 43.8 Å². The fourth-order valence-electron chi connectivity index (χ4n) is 5.03. The molecule has 1 N–H and O–H groups in total. The molecule has 34 heavy (non-hydrogen) atoms. The SMILES string of the molecule is CCn1ncc(-c2nc3c(OC4CCC(n5c(=O)[nH]c6ncccc65)C4)ncnc3n2C)c1C. The summed E-state index contributed by atoms with van der Waals surface area (Å²) in [6.07, 6.45) is 7.30. The highest BCUT2D eigenvalue weighted by molar-refractivity contribution is 5.81. The number of nitrogens with one attached hydrogen (secondary N) is 1. The summed E-state index contributed by atoms with van der Waals surface area (Å²) in [7, 11) is 1.94. The first-order valence-electron chi connectivity index (χ1n) is 11.5. The van der Waals surface area contributed by atoms with E-state index in [1.54, 1.807) is 10.8 Å². The summed E-state index contributed by atoms with van der Waals surface area (Å²) in [5.74, 6) is 1.24. The van der Waals surface area contributed by atoms with Crippen molar-refractivity contribution in [2.75, 3.05) is 0 Å². The van der Waals surface area contributed by atoms with Crippen LogP contribution in [-0.4, -0.2) is 49.9 Å². The topological polar surface area (TPSA) is 121 Å². The van der Waals surface area contributed by atoms with Gasteiger partial charge in [0.15, 0.2) is 16.8 Å². The molecule has 1 saturated carbocycles. The van der Waals surface area contributed by atoms with Gasteiger partial charge in [0.25, 0.3) is 0 Å².